The Morgan fingerprint density at radius 2 is 0.500 bits per heavy atom. The summed E-state index contributed by atoms with van der Waals surface area (Å²) in [6.45, 7) is 13.6. The molecule has 0 unspecified atom stereocenters. The maximum Gasteiger partial charge on any atom is 0.533 e. The molecule has 32 nitrogen and oxygen atoms in total. The average Bonchev–Trinajstić information content (AvgIpc) is 3.40. The van der Waals surface area contributed by atoms with Gasteiger partial charge < -0.3 is 144 Å². The van der Waals surface area contributed by atoms with Gasteiger partial charge in [-0.25, -0.2) is 0 Å². The van der Waals surface area contributed by atoms with Crippen molar-refractivity contribution < 1.29 is 144 Å². The topological polar surface area (TPSA) is 510 Å². The molecular formula is C19H46O32Si29. The molecule has 80 heavy (non-hydrogen) atoms. The molecule has 0 spiro atoms. The summed E-state index contributed by atoms with van der Waals surface area (Å²) in [4.78, 5) is 0. The fraction of sp³-hybridized carbons (Fsp3) is 1.00. The van der Waals surface area contributed by atoms with Gasteiger partial charge >= 0.3 is 210 Å². The van der Waals surface area contributed by atoms with E-state index in [1.54, 1.807) is 13.1 Å². The predicted molar refractivity (Wildman–Crippen MR) is 291 cm³/mol. The summed E-state index contributed by atoms with van der Waals surface area (Å²) >= 11 is 0. The van der Waals surface area contributed by atoms with Crippen LogP contribution in [0.5, 0.6) is 0 Å². The number of ether oxygens (including phenoxy) is 3. The molecule has 0 saturated carbocycles. The van der Waals surface area contributed by atoms with E-state index in [9.17, 15) is 116 Å². The summed E-state index contributed by atoms with van der Waals surface area (Å²) in [5.41, 5.74) is 0. The highest BCUT2D eigenvalue weighted by atomic mass is 30.1. The molecule has 0 bridgehead atoms. The smallest absolute Gasteiger partial charge is 0.533 e. The zero-order chi connectivity index (χ0) is 62.5. The maximum absolute atomic E-state index is 13.0. The normalized spacial score (nSPS) is 11.1. The van der Waals surface area contributed by atoms with Crippen LogP contribution >= 0.6 is 0 Å². The molecular weight excluding hydrogens is 1550 g/mol. The van der Waals surface area contributed by atoms with Gasteiger partial charge in [0.05, 0.1) is 0 Å². The van der Waals surface area contributed by atoms with Crippen molar-refractivity contribution in [1.29, 1.82) is 0 Å². The molecule has 0 aromatic rings. The Bertz CT molecular complexity index is 2900. The maximum atomic E-state index is 13.0. The summed E-state index contributed by atoms with van der Waals surface area (Å²) in [6, 6.07) is 0.521. The molecule has 0 aliphatic rings. The van der Waals surface area contributed by atoms with Crippen LogP contribution < -0.4 is 0 Å². The standard InChI is InChI=1S/C19H46O32Si29/c1-78(2,3)77(46)76(45)75(44)74(43)73(42)72(41)71(40)70(39)69(38)68(37)67(36)66(35)65(34)64(33)63(32)62(31)61(30)60(29)59(28)58(27)57(26)56(25)55(24)54(23)53(22)52(21)50-80(6,7)51-79(4,5)19-11-18-49-17-10-16-48-15-9-14-47-13-8-12-20/h20H,8-19H2,1-7H3. The van der Waals surface area contributed by atoms with Gasteiger partial charge in [-0.3, -0.25) is 0 Å². The Labute approximate surface area is 488 Å². The first kappa shape index (κ1) is 80.7. The Hall–Kier alpha value is 0.690. The van der Waals surface area contributed by atoms with E-state index in [1.807, 2.05) is 0 Å². The van der Waals surface area contributed by atoms with E-state index in [4.69, 9.17) is 27.5 Å². The van der Waals surface area contributed by atoms with E-state index in [0.717, 1.165) is 0 Å². The summed E-state index contributed by atoms with van der Waals surface area (Å²) in [5.74, 6) is 0. The molecule has 0 amide bonds. The lowest BCUT2D eigenvalue weighted by Gasteiger charge is -2.33. The zero-order valence-corrected chi connectivity index (χ0v) is 72.1. The van der Waals surface area contributed by atoms with Gasteiger partial charge in [-0.2, -0.15) is 0 Å². The first-order valence-electron chi connectivity index (χ1n) is 22.5. The van der Waals surface area contributed by atoms with Crippen molar-refractivity contribution in [2.75, 3.05) is 46.2 Å². The van der Waals surface area contributed by atoms with Crippen molar-refractivity contribution in [2.24, 2.45) is 0 Å². The number of hydrogen-bond acceptors (Lipinski definition) is 32. The zero-order valence-electron chi connectivity index (χ0n) is 43.1. The third-order valence-corrected chi connectivity index (χ3v) is 226. The van der Waals surface area contributed by atoms with Crippen LogP contribution in [0.3, 0.4) is 0 Å². The SMILES string of the molecule is C[Si](C)(CCCOCCCOCCCOCCCO)O[Si](C)(C)O[Si](=O)[Si](=O)[Si](=O)[Si](=O)[Si](=O)[Si](=O)[Si](=O)[Si](=O)[Si](=O)[Si](=O)[Si](=O)[Si](=O)[Si](=O)[Si](=O)[Si](=O)[Si](=O)[Si](=O)[Si](=O)[Si](=O)[Si](=O)[Si](=O)[Si](=O)[Si](=O)[Si](=O)[Si](=O)[Si](=O)[Si](C)(C)C. The fourth-order valence-electron chi connectivity index (χ4n) is 5.41. The largest absolute Gasteiger partial charge is 0.558 e. The van der Waals surface area contributed by atoms with Crippen molar-refractivity contribution in [1.82, 2.24) is 0 Å². The number of aliphatic hydroxyl groups is 1. The van der Waals surface area contributed by atoms with Gasteiger partial charge in [0.25, 0.3) is 0 Å². The fourth-order valence-corrected chi connectivity index (χ4v) is 324. The lowest BCUT2D eigenvalue weighted by molar-refractivity contribution is 0.0604. The van der Waals surface area contributed by atoms with Crippen LogP contribution in [0.2, 0.25) is 51.9 Å². The van der Waals surface area contributed by atoms with E-state index in [0.29, 0.717) is 71.4 Å². The third-order valence-electron chi connectivity index (χ3n) is 9.35. The Balaban J connectivity index is 5.51. The van der Waals surface area contributed by atoms with Gasteiger partial charge in [-0.15, -0.1) is 0 Å². The van der Waals surface area contributed by atoms with Gasteiger partial charge in [-0.05, 0) is 57.9 Å². The molecule has 0 aliphatic carbocycles. The van der Waals surface area contributed by atoms with Gasteiger partial charge in [0, 0.05) is 46.2 Å². The summed E-state index contributed by atoms with van der Waals surface area (Å²) < 4.78 is 360. The minimum absolute atomic E-state index is 0.0584. The second kappa shape index (κ2) is 38.2. The Kier molecular flexibility index (Phi) is 38.5. The number of rotatable bonds is 45. The van der Waals surface area contributed by atoms with E-state index in [-0.39, 0.29) is 6.61 Å². The molecule has 0 saturated heterocycles. The molecule has 61 heteroatoms. The van der Waals surface area contributed by atoms with Gasteiger partial charge in [0.15, 0.2) is 8.32 Å². The monoisotopic (exact) mass is 1600 g/mol. The van der Waals surface area contributed by atoms with Gasteiger partial charge in [-0.1, -0.05) is 19.6 Å². The first-order chi connectivity index (χ1) is 36.7. The predicted octanol–water partition coefficient (Wildman–Crippen LogP) is -8.63. The average molecular weight is 1600 g/mol. The van der Waals surface area contributed by atoms with Crippen molar-refractivity contribution in [2.45, 2.75) is 77.6 Å². The minimum Gasteiger partial charge on any atom is -0.558 e. The van der Waals surface area contributed by atoms with Crippen LogP contribution in [0, 0.1) is 0 Å². The Morgan fingerprint density at radius 1 is 0.287 bits per heavy atom. The molecule has 0 fully saturated rings. The molecule has 430 valence electrons. The number of aliphatic hydroxyl groups excluding tert-OH is 1. The van der Waals surface area contributed by atoms with E-state index in [2.05, 4.69) is 0 Å². The van der Waals surface area contributed by atoms with Crippen LogP contribution in [-0.2, 0) is 138 Å². The molecule has 1 N–H and O–H groups in total. The molecule has 0 radical (unpaired) electrons. The number of hydrogen-bond donors (Lipinski definition) is 1. The van der Waals surface area contributed by atoms with Crippen LogP contribution in [-0.4, -0.2) is 277 Å². The molecule has 0 heterocycles. The molecule has 0 aromatic heterocycles. The second-order valence-corrected chi connectivity index (χ2v) is 159. The molecule has 0 aromatic carbocycles. The van der Waals surface area contributed by atoms with Crippen molar-refractivity contribution in [3.8, 4) is 0 Å². The van der Waals surface area contributed by atoms with E-state index < -0.39 is 226 Å². The van der Waals surface area contributed by atoms with Crippen LogP contribution in [0.25, 0.3) is 0 Å². The minimum atomic E-state index is -4.66. The first-order valence-corrected chi connectivity index (χ1v) is 94.5. The highest BCUT2D eigenvalue weighted by molar-refractivity contribution is 7.84. The summed E-state index contributed by atoms with van der Waals surface area (Å²) in [5, 5.41) is 8.73. The van der Waals surface area contributed by atoms with Crippen molar-refractivity contribution >= 4 is 226 Å². The third kappa shape index (κ3) is 26.2. The second-order valence-electron chi connectivity index (χ2n) is 17.9. The Morgan fingerprint density at radius 3 is 0.738 bits per heavy atom. The molecule has 0 aliphatic heterocycles. The van der Waals surface area contributed by atoms with Crippen LogP contribution in [0.4, 0.5) is 0 Å². The highest BCUT2D eigenvalue weighted by Crippen LogP contribution is 2.21. The van der Waals surface area contributed by atoms with Crippen molar-refractivity contribution in [3.63, 3.8) is 0 Å². The highest BCUT2D eigenvalue weighted by Gasteiger charge is 2.58. The summed E-state index contributed by atoms with van der Waals surface area (Å²) in [7, 11) is -122. The van der Waals surface area contributed by atoms with E-state index in [1.165, 1.54) is 32.7 Å². The quantitative estimate of drug-likeness (QED) is 0.0437. The van der Waals surface area contributed by atoms with Crippen molar-refractivity contribution in [3.05, 3.63) is 0 Å². The molecule has 0 rings (SSSR count). The lowest BCUT2D eigenvalue weighted by Crippen LogP contribution is -2.58. The molecule has 0 atom stereocenters. The van der Waals surface area contributed by atoms with Gasteiger partial charge in [0.1, 0.15) is 7.59 Å². The van der Waals surface area contributed by atoms with Crippen LogP contribution in [0.15, 0.2) is 0 Å². The van der Waals surface area contributed by atoms with Crippen LogP contribution in [0.1, 0.15) is 25.7 Å². The summed E-state index contributed by atoms with van der Waals surface area (Å²) in [6.07, 6.45) is 2.45. The van der Waals surface area contributed by atoms with Gasteiger partial charge in [0.2, 0.25) is 0 Å². The lowest BCUT2D eigenvalue weighted by atomic mass is 10.4. The van der Waals surface area contributed by atoms with E-state index >= 15 is 0 Å².